The molecule has 2 aliphatic heterocycles. The minimum Gasteiger partial charge on any atom is -0.493 e. The van der Waals surface area contributed by atoms with Gasteiger partial charge < -0.3 is 19.1 Å². The number of benzene rings is 2. The second-order valence-corrected chi connectivity index (χ2v) is 8.83. The van der Waals surface area contributed by atoms with Crippen LogP contribution >= 0.6 is 0 Å². The van der Waals surface area contributed by atoms with Crippen molar-refractivity contribution < 1.29 is 19.0 Å². The fraction of sp³-hybridized carbons (Fsp3) is 0.407. The van der Waals surface area contributed by atoms with E-state index in [1.165, 1.54) is 0 Å². The third kappa shape index (κ3) is 4.16. The van der Waals surface area contributed by atoms with Gasteiger partial charge in [0.2, 0.25) is 0 Å². The lowest BCUT2D eigenvalue weighted by atomic mass is 9.95. The van der Waals surface area contributed by atoms with Gasteiger partial charge in [0.25, 0.3) is 5.91 Å². The molecule has 0 radical (unpaired) electrons. The Morgan fingerprint density at radius 3 is 2.76 bits per heavy atom. The van der Waals surface area contributed by atoms with E-state index in [0.29, 0.717) is 30.3 Å². The topological polar surface area (TPSA) is 76.7 Å². The number of nitrogens with zero attached hydrogens (tertiary/aromatic N) is 2. The lowest BCUT2D eigenvalue weighted by molar-refractivity contribution is 0.0495. The lowest BCUT2D eigenvalue weighted by Gasteiger charge is -2.29. The Hall–Kier alpha value is -3.32. The van der Waals surface area contributed by atoms with Gasteiger partial charge in [-0.05, 0) is 37.0 Å². The van der Waals surface area contributed by atoms with E-state index < -0.39 is 0 Å². The van der Waals surface area contributed by atoms with E-state index >= 15 is 0 Å². The van der Waals surface area contributed by atoms with Crippen LogP contribution in [-0.4, -0.2) is 54.0 Å². The molecule has 2 atom stereocenters. The first kappa shape index (κ1) is 22.5. The number of amides is 1. The van der Waals surface area contributed by atoms with Gasteiger partial charge in [0, 0.05) is 24.3 Å². The van der Waals surface area contributed by atoms with E-state index in [-0.39, 0.29) is 18.1 Å². The summed E-state index contributed by atoms with van der Waals surface area (Å²) in [7, 11) is 1.65. The number of unbranched alkanes of at least 4 members (excludes halogenated alkanes) is 1. The van der Waals surface area contributed by atoms with E-state index in [1.807, 2.05) is 53.4 Å². The van der Waals surface area contributed by atoms with E-state index in [2.05, 4.69) is 17.1 Å². The van der Waals surface area contributed by atoms with E-state index in [1.54, 1.807) is 7.11 Å². The summed E-state index contributed by atoms with van der Waals surface area (Å²) < 4.78 is 17.5. The molecule has 7 heteroatoms. The molecule has 1 aromatic heterocycles. The van der Waals surface area contributed by atoms with Crippen LogP contribution in [0.2, 0.25) is 0 Å². The summed E-state index contributed by atoms with van der Waals surface area (Å²) in [6.45, 7) is 4.06. The zero-order valence-electron chi connectivity index (χ0n) is 19.8. The highest BCUT2D eigenvalue weighted by molar-refractivity contribution is 6.00. The molecule has 1 amide bonds. The first-order valence-corrected chi connectivity index (χ1v) is 12.1. The van der Waals surface area contributed by atoms with Gasteiger partial charge >= 0.3 is 0 Å². The third-order valence-corrected chi connectivity index (χ3v) is 6.59. The van der Waals surface area contributed by atoms with Crippen molar-refractivity contribution in [1.29, 1.82) is 0 Å². The highest BCUT2D eigenvalue weighted by atomic mass is 16.5. The van der Waals surface area contributed by atoms with Gasteiger partial charge in [-0.3, -0.25) is 9.89 Å². The molecule has 1 saturated heterocycles. The molecule has 2 aromatic carbocycles. The molecular weight excluding hydrogens is 430 g/mol. The van der Waals surface area contributed by atoms with Gasteiger partial charge in [0.15, 0.2) is 11.5 Å². The summed E-state index contributed by atoms with van der Waals surface area (Å²) in [6.07, 6.45) is 4.07. The van der Waals surface area contributed by atoms with Crippen molar-refractivity contribution in [1.82, 2.24) is 15.1 Å². The highest BCUT2D eigenvalue weighted by Crippen LogP contribution is 2.45. The number of ether oxygens (including phenoxy) is 3. The fourth-order valence-electron chi connectivity index (χ4n) is 4.86. The van der Waals surface area contributed by atoms with Gasteiger partial charge in [0.05, 0.1) is 31.6 Å². The van der Waals surface area contributed by atoms with Crippen LogP contribution in [0.25, 0.3) is 11.3 Å². The molecule has 0 spiro atoms. The first-order valence-electron chi connectivity index (χ1n) is 12.1. The van der Waals surface area contributed by atoms with Crippen LogP contribution in [0.4, 0.5) is 0 Å². The standard InChI is InChI=1S/C27H31N3O4/c1-3-4-14-34-21-13-12-19(16-22(21)32-2)26-23-24(18-9-6-5-7-10-18)28-29-25(23)27(31)30(26)17-20-11-8-15-33-20/h5-7,9-10,12-13,16,20,26H,3-4,8,11,14-15,17H2,1-2H3,(H,28,29). The summed E-state index contributed by atoms with van der Waals surface area (Å²) in [4.78, 5) is 15.5. The van der Waals surface area contributed by atoms with Gasteiger partial charge in [0.1, 0.15) is 5.69 Å². The van der Waals surface area contributed by atoms with Crippen LogP contribution in [0.5, 0.6) is 11.5 Å². The van der Waals surface area contributed by atoms with Gasteiger partial charge in [-0.1, -0.05) is 49.7 Å². The molecular formula is C27H31N3O4. The fourth-order valence-corrected chi connectivity index (χ4v) is 4.86. The SMILES string of the molecule is CCCCOc1ccc(C2c3c(-c4ccccc4)n[nH]c3C(=O)N2CC2CCCO2)cc1OC. The molecule has 3 aromatic rings. The number of nitrogens with one attached hydrogen (secondary N) is 1. The molecule has 7 nitrogen and oxygen atoms in total. The number of fused-ring (bicyclic) bond motifs is 1. The predicted octanol–water partition coefficient (Wildman–Crippen LogP) is 4.99. The van der Waals surface area contributed by atoms with Crippen molar-refractivity contribution in [3.63, 3.8) is 0 Å². The zero-order valence-corrected chi connectivity index (χ0v) is 19.8. The molecule has 0 aliphatic carbocycles. The van der Waals surface area contributed by atoms with Crippen molar-refractivity contribution in [2.45, 2.75) is 44.8 Å². The second-order valence-electron chi connectivity index (χ2n) is 8.83. The Balaban J connectivity index is 1.56. The average molecular weight is 462 g/mol. The zero-order chi connectivity index (χ0) is 23.5. The predicted molar refractivity (Wildman–Crippen MR) is 129 cm³/mol. The smallest absolute Gasteiger partial charge is 0.273 e. The quantitative estimate of drug-likeness (QED) is 0.455. The maximum absolute atomic E-state index is 13.6. The van der Waals surface area contributed by atoms with Crippen LogP contribution in [-0.2, 0) is 4.74 Å². The monoisotopic (exact) mass is 461 g/mol. The second kappa shape index (κ2) is 9.89. The summed E-state index contributed by atoms with van der Waals surface area (Å²) >= 11 is 0. The average Bonchev–Trinajstić information content (AvgIpc) is 3.60. The highest BCUT2D eigenvalue weighted by Gasteiger charge is 2.43. The van der Waals surface area contributed by atoms with Crippen molar-refractivity contribution >= 4 is 5.91 Å². The minimum absolute atomic E-state index is 0.0436. The maximum atomic E-state index is 13.6. The number of carbonyl (C=O) groups is 1. The van der Waals surface area contributed by atoms with E-state index in [0.717, 1.165) is 54.7 Å². The van der Waals surface area contributed by atoms with Gasteiger partial charge in [-0.2, -0.15) is 5.10 Å². The van der Waals surface area contributed by atoms with Crippen molar-refractivity contribution in [2.75, 3.05) is 26.9 Å². The summed E-state index contributed by atoms with van der Waals surface area (Å²) in [6, 6.07) is 15.6. The molecule has 2 unspecified atom stereocenters. The molecule has 0 bridgehead atoms. The Labute approximate surface area is 200 Å². The van der Waals surface area contributed by atoms with Crippen LogP contribution in [0.3, 0.4) is 0 Å². The maximum Gasteiger partial charge on any atom is 0.273 e. The largest absolute Gasteiger partial charge is 0.493 e. The number of methoxy groups -OCH3 is 1. The summed E-state index contributed by atoms with van der Waals surface area (Å²) in [5, 5.41) is 7.58. The van der Waals surface area contributed by atoms with Crippen LogP contribution in [0.1, 0.15) is 60.3 Å². The number of aromatic amines is 1. The van der Waals surface area contributed by atoms with Gasteiger partial charge in [-0.15, -0.1) is 0 Å². The Bertz CT molecular complexity index is 1140. The molecule has 0 saturated carbocycles. The molecule has 2 aliphatic rings. The first-order chi connectivity index (χ1) is 16.7. The number of hydrogen-bond donors (Lipinski definition) is 1. The number of rotatable bonds is 9. The van der Waals surface area contributed by atoms with Gasteiger partial charge in [-0.25, -0.2) is 0 Å². The van der Waals surface area contributed by atoms with Crippen LogP contribution in [0.15, 0.2) is 48.5 Å². The van der Waals surface area contributed by atoms with Crippen LogP contribution in [0, 0.1) is 0 Å². The molecule has 34 heavy (non-hydrogen) atoms. The molecule has 1 fully saturated rings. The Kier molecular flexibility index (Phi) is 6.54. The minimum atomic E-state index is -0.292. The Morgan fingerprint density at radius 1 is 1.18 bits per heavy atom. The number of aromatic nitrogens is 2. The molecule has 1 N–H and O–H groups in total. The number of hydrogen-bond acceptors (Lipinski definition) is 5. The lowest BCUT2D eigenvalue weighted by Crippen LogP contribution is -2.36. The molecule has 3 heterocycles. The Morgan fingerprint density at radius 2 is 2.03 bits per heavy atom. The van der Waals surface area contributed by atoms with E-state index in [9.17, 15) is 4.79 Å². The summed E-state index contributed by atoms with van der Waals surface area (Å²) in [5.74, 6) is 1.33. The molecule has 5 rings (SSSR count). The number of H-pyrrole nitrogens is 1. The third-order valence-electron chi connectivity index (χ3n) is 6.59. The van der Waals surface area contributed by atoms with Crippen molar-refractivity contribution in [2.24, 2.45) is 0 Å². The van der Waals surface area contributed by atoms with Crippen molar-refractivity contribution in [3.05, 3.63) is 65.4 Å². The molecule has 178 valence electrons. The van der Waals surface area contributed by atoms with E-state index in [4.69, 9.17) is 14.2 Å². The summed E-state index contributed by atoms with van der Waals surface area (Å²) in [5.41, 5.74) is 4.18. The van der Waals surface area contributed by atoms with Crippen LogP contribution < -0.4 is 9.47 Å². The van der Waals surface area contributed by atoms with Crippen molar-refractivity contribution in [3.8, 4) is 22.8 Å². The number of carbonyl (C=O) groups excluding carboxylic acids is 1. The normalized spacial score (nSPS) is 19.5.